The van der Waals surface area contributed by atoms with Crippen LogP contribution in [0, 0.1) is 0 Å². The maximum absolute atomic E-state index is 13.1. The summed E-state index contributed by atoms with van der Waals surface area (Å²) in [5.41, 5.74) is 11.6. The van der Waals surface area contributed by atoms with E-state index in [9.17, 15) is 4.79 Å². The Kier molecular flexibility index (Phi) is 6.85. The molecule has 172 valence electrons. The highest BCUT2D eigenvalue weighted by molar-refractivity contribution is 6.04. The summed E-state index contributed by atoms with van der Waals surface area (Å²) in [6, 6.07) is 26.0. The highest BCUT2D eigenvalue weighted by atomic mass is 16.4. The molecule has 7 heteroatoms. The molecule has 0 amide bonds. The molecule has 7 nitrogen and oxygen atoms in total. The second-order valence-corrected chi connectivity index (χ2v) is 7.85. The van der Waals surface area contributed by atoms with Gasteiger partial charge in [-0.15, -0.1) is 0 Å². The minimum Gasteiger partial charge on any atom is -0.481 e. The third-order valence-electron chi connectivity index (χ3n) is 5.44. The molecule has 34 heavy (non-hydrogen) atoms. The molecule has 4 N–H and O–H groups in total. The molecule has 2 heterocycles. The van der Waals surface area contributed by atoms with Crippen molar-refractivity contribution in [1.82, 2.24) is 14.5 Å². The average molecular weight is 455 g/mol. The summed E-state index contributed by atoms with van der Waals surface area (Å²) in [4.78, 5) is 29.9. The zero-order valence-electron chi connectivity index (χ0n) is 18.9. The summed E-state index contributed by atoms with van der Waals surface area (Å²) in [6.07, 6.45) is 0.847. The lowest BCUT2D eigenvalue weighted by molar-refractivity contribution is -0.134. The van der Waals surface area contributed by atoms with Gasteiger partial charge in [0.15, 0.2) is 0 Å². The van der Waals surface area contributed by atoms with Crippen LogP contribution in [-0.2, 0) is 11.3 Å². The molecule has 0 aliphatic rings. The number of fused-ring (bicyclic) bond motifs is 2. The minimum absolute atomic E-state index is 0.187. The van der Waals surface area contributed by atoms with Gasteiger partial charge in [0.05, 0.1) is 16.7 Å². The molecule has 0 atom stereocenters. The lowest BCUT2D eigenvalue weighted by Crippen LogP contribution is -2.12. The molecule has 5 rings (SSSR count). The lowest BCUT2D eigenvalue weighted by atomic mass is 10.0. The number of benzene rings is 3. The normalized spacial score (nSPS) is 10.8. The number of hydrogen-bond donors (Lipinski definition) is 3. The van der Waals surface area contributed by atoms with Crippen LogP contribution < -0.4 is 11.3 Å². The lowest BCUT2D eigenvalue weighted by Gasteiger charge is -2.12. The van der Waals surface area contributed by atoms with Gasteiger partial charge in [-0.3, -0.25) is 9.59 Å². The van der Waals surface area contributed by atoms with Crippen molar-refractivity contribution in [3.63, 3.8) is 0 Å². The van der Waals surface area contributed by atoms with Crippen molar-refractivity contribution < 1.29 is 9.90 Å². The monoisotopic (exact) mass is 454 g/mol. The number of aliphatic carboxylic acids is 1. The number of aromatic amines is 1. The molecule has 0 saturated heterocycles. The third-order valence-corrected chi connectivity index (χ3v) is 5.44. The molecule has 0 unspecified atom stereocenters. The molecule has 0 fully saturated rings. The van der Waals surface area contributed by atoms with E-state index in [0.29, 0.717) is 12.2 Å². The Morgan fingerprint density at radius 2 is 1.65 bits per heavy atom. The fraction of sp³-hybridized carbons (Fsp3) is 0.148. The van der Waals surface area contributed by atoms with E-state index < -0.39 is 5.97 Å². The van der Waals surface area contributed by atoms with E-state index >= 15 is 0 Å². The number of hydrogen-bond acceptors (Lipinski definition) is 4. The fourth-order valence-electron chi connectivity index (χ4n) is 4.12. The number of carboxylic acid groups (broad SMARTS) is 1. The number of aryl methyl sites for hydroxylation is 1. The number of H-pyrrole nitrogens is 1. The Bertz CT molecular complexity index is 1500. The summed E-state index contributed by atoms with van der Waals surface area (Å²) in [6.45, 7) is 2.46. The number of nitrogens with zero attached hydrogens (tertiary/aromatic N) is 2. The van der Waals surface area contributed by atoms with Gasteiger partial charge >= 0.3 is 0 Å². The SMILES string of the molecule is CC(=O)O.NCCCn1c(-c2ccccc2)c(-c2nc3ccccc3[nH]c2=O)c2ccccc21. The van der Waals surface area contributed by atoms with Gasteiger partial charge in [0.1, 0.15) is 5.69 Å². The van der Waals surface area contributed by atoms with Crippen LogP contribution in [0.1, 0.15) is 13.3 Å². The number of carbonyl (C=O) groups is 1. The van der Waals surface area contributed by atoms with Crippen molar-refractivity contribution in [2.45, 2.75) is 19.9 Å². The molecule has 0 bridgehead atoms. The van der Waals surface area contributed by atoms with Gasteiger partial charge in [-0.05, 0) is 36.7 Å². The predicted octanol–water partition coefficient (Wildman–Crippen LogP) is 4.65. The number of carboxylic acids is 1. The van der Waals surface area contributed by atoms with Crippen LogP contribution in [-0.4, -0.2) is 32.2 Å². The number of aromatic nitrogens is 3. The van der Waals surface area contributed by atoms with E-state index in [1.165, 1.54) is 0 Å². The molecule has 0 spiro atoms. The highest BCUT2D eigenvalue weighted by Gasteiger charge is 2.22. The fourth-order valence-corrected chi connectivity index (χ4v) is 4.12. The number of para-hydroxylation sites is 3. The van der Waals surface area contributed by atoms with Crippen molar-refractivity contribution in [3.8, 4) is 22.5 Å². The molecule has 3 aromatic carbocycles. The summed E-state index contributed by atoms with van der Waals surface area (Å²) in [7, 11) is 0. The molecule has 0 aliphatic carbocycles. The average Bonchev–Trinajstić information content (AvgIpc) is 3.16. The molecule has 5 aromatic rings. The van der Waals surface area contributed by atoms with Crippen LogP contribution in [0.4, 0.5) is 0 Å². The van der Waals surface area contributed by atoms with Crippen molar-refractivity contribution in [2.24, 2.45) is 5.73 Å². The Morgan fingerprint density at radius 3 is 2.38 bits per heavy atom. The maximum atomic E-state index is 13.1. The van der Waals surface area contributed by atoms with E-state index in [1.807, 2.05) is 54.6 Å². The Morgan fingerprint density at radius 1 is 1.00 bits per heavy atom. The van der Waals surface area contributed by atoms with Crippen LogP contribution >= 0.6 is 0 Å². The van der Waals surface area contributed by atoms with Crippen LogP contribution in [0.3, 0.4) is 0 Å². The summed E-state index contributed by atoms with van der Waals surface area (Å²) in [5, 5.41) is 8.43. The minimum atomic E-state index is -0.833. The smallest absolute Gasteiger partial charge is 0.300 e. The first kappa shape index (κ1) is 22.9. The summed E-state index contributed by atoms with van der Waals surface area (Å²) >= 11 is 0. The number of nitrogens with one attached hydrogen (secondary N) is 1. The molecule has 2 aromatic heterocycles. The van der Waals surface area contributed by atoms with Crippen molar-refractivity contribution in [3.05, 3.63) is 89.2 Å². The summed E-state index contributed by atoms with van der Waals surface area (Å²) < 4.78 is 2.27. The zero-order chi connectivity index (χ0) is 24.1. The van der Waals surface area contributed by atoms with Gasteiger partial charge in [0.25, 0.3) is 11.5 Å². The first-order chi connectivity index (χ1) is 16.5. The highest BCUT2D eigenvalue weighted by Crippen LogP contribution is 2.39. The second kappa shape index (κ2) is 10.1. The van der Waals surface area contributed by atoms with Crippen LogP contribution in [0.2, 0.25) is 0 Å². The largest absolute Gasteiger partial charge is 0.481 e. The Balaban J connectivity index is 0.000000636. The van der Waals surface area contributed by atoms with E-state index in [2.05, 4.69) is 33.8 Å². The van der Waals surface area contributed by atoms with Gasteiger partial charge in [-0.25, -0.2) is 4.98 Å². The third kappa shape index (κ3) is 4.60. The van der Waals surface area contributed by atoms with Gasteiger partial charge in [0.2, 0.25) is 0 Å². The van der Waals surface area contributed by atoms with Crippen LogP contribution in [0.5, 0.6) is 0 Å². The van der Waals surface area contributed by atoms with Gasteiger partial charge in [-0.2, -0.15) is 0 Å². The van der Waals surface area contributed by atoms with Crippen molar-refractivity contribution in [2.75, 3.05) is 6.54 Å². The van der Waals surface area contributed by atoms with Crippen molar-refractivity contribution in [1.29, 1.82) is 0 Å². The van der Waals surface area contributed by atoms with Crippen LogP contribution in [0.25, 0.3) is 44.5 Å². The van der Waals surface area contributed by atoms with E-state index in [-0.39, 0.29) is 5.56 Å². The van der Waals surface area contributed by atoms with E-state index in [0.717, 1.165) is 58.6 Å². The summed E-state index contributed by atoms with van der Waals surface area (Å²) in [5.74, 6) is -0.833. The quantitative estimate of drug-likeness (QED) is 0.358. The van der Waals surface area contributed by atoms with Crippen molar-refractivity contribution >= 4 is 27.9 Å². The Hall–Kier alpha value is -4.23. The Labute approximate surface area is 196 Å². The number of nitrogens with two attached hydrogens (primary N) is 1. The molecular formula is C27H26N4O3. The number of rotatable bonds is 5. The molecular weight excluding hydrogens is 428 g/mol. The standard InChI is InChI=1S/C25H22N4O.C2H4O2/c26-15-8-16-29-21-14-7-4-11-18(21)22(24(29)17-9-2-1-3-10-17)23-25(30)28-20-13-6-5-12-19(20)27-23;1-2(3)4/h1-7,9-14H,8,15-16,26H2,(H,28,30);1H3,(H,3,4). The predicted molar refractivity (Wildman–Crippen MR) is 136 cm³/mol. The van der Waals surface area contributed by atoms with E-state index in [4.69, 9.17) is 20.6 Å². The molecule has 0 aliphatic heterocycles. The molecule has 0 radical (unpaired) electrons. The zero-order valence-corrected chi connectivity index (χ0v) is 18.9. The van der Waals surface area contributed by atoms with Gasteiger partial charge in [0, 0.05) is 29.9 Å². The van der Waals surface area contributed by atoms with Crippen LogP contribution in [0.15, 0.2) is 83.7 Å². The first-order valence-electron chi connectivity index (χ1n) is 11.1. The van der Waals surface area contributed by atoms with Gasteiger partial charge in [-0.1, -0.05) is 60.7 Å². The van der Waals surface area contributed by atoms with E-state index in [1.54, 1.807) is 0 Å². The second-order valence-electron chi connectivity index (χ2n) is 7.85. The van der Waals surface area contributed by atoms with Gasteiger partial charge < -0.3 is 20.4 Å². The topological polar surface area (TPSA) is 114 Å². The molecule has 0 saturated carbocycles. The first-order valence-corrected chi connectivity index (χ1v) is 11.1. The maximum Gasteiger partial charge on any atom is 0.300 e.